The van der Waals surface area contributed by atoms with Crippen molar-refractivity contribution >= 4 is 51.4 Å². The van der Waals surface area contributed by atoms with Crippen molar-refractivity contribution in [1.82, 2.24) is 34.8 Å². The van der Waals surface area contributed by atoms with Crippen molar-refractivity contribution < 1.29 is 0 Å². The fourth-order valence-corrected chi connectivity index (χ4v) is 4.65. The zero-order chi connectivity index (χ0) is 20.8. The fraction of sp³-hybridized carbons (Fsp3) is 0.350. The smallest absolute Gasteiger partial charge is 0.196 e. The predicted octanol–water partition coefficient (Wildman–Crippen LogP) is 3.41. The molecule has 0 spiro atoms. The van der Waals surface area contributed by atoms with E-state index in [9.17, 15) is 0 Å². The Labute approximate surface area is 183 Å². The molecular weight excluding hydrogens is 420 g/mol. The third kappa shape index (κ3) is 3.36. The van der Waals surface area contributed by atoms with Gasteiger partial charge in [-0.2, -0.15) is 0 Å². The van der Waals surface area contributed by atoms with Gasteiger partial charge in [-0.05, 0) is 38.3 Å². The summed E-state index contributed by atoms with van der Waals surface area (Å²) in [4.78, 5) is 31.4. The van der Waals surface area contributed by atoms with Gasteiger partial charge in [-0.25, -0.2) is 19.9 Å². The third-order valence-electron chi connectivity index (χ3n) is 5.38. The van der Waals surface area contributed by atoms with Crippen LogP contribution in [0.4, 0.5) is 5.82 Å². The molecule has 30 heavy (non-hydrogen) atoms. The number of pyridine rings is 1. The normalized spacial score (nSPS) is 14.8. The number of H-pyrrole nitrogens is 1. The number of aromatic nitrogens is 6. The number of anilines is 1. The monoisotopic (exact) mass is 440 g/mol. The Morgan fingerprint density at radius 2 is 2.00 bits per heavy atom. The summed E-state index contributed by atoms with van der Waals surface area (Å²) < 4.78 is 0. The Morgan fingerprint density at radius 3 is 2.77 bits per heavy atom. The van der Waals surface area contributed by atoms with E-state index in [1.165, 1.54) is 11.8 Å². The number of nitrogens with one attached hydrogen (secondary N) is 1. The molecule has 0 atom stereocenters. The molecule has 5 heterocycles. The molecule has 4 aromatic heterocycles. The van der Waals surface area contributed by atoms with Crippen molar-refractivity contribution in [1.29, 1.82) is 0 Å². The summed E-state index contributed by atoms with van der Waals surface area (Å²) in [6.07, 6.45) is 5.89. The zero-order valence-corrected chi connectivity index (χ0v) is 18.5. The molecule has 1 aliphatic rings. The molecule has 0 aliphatic carbocycles. The van der Waals surface area contributed by atoms with Crippen molar-refractivity contribution in [3.05, 3.63) is 35.4 Å². The van der Waals surface area contributed by atoms with E-state index in [0.29, 0.717) is 16.8 Å². The first-order chi connectivity index (χ1) is 14.5. The van der Waals surface area contributed by atoms with E-state index in [1.807, 2.05) is 6.07 Å². The highest BCUT2D eigenvalue weighted by molar-refractivity contribution is 7.99. The van der Waals surface area contributed by atoms with E-state index in [1.54, 1.807) is 18.6 Å². The van der Waals surface area contributed by atoms with Crippen LogP contribution in [0.1, 0.15) is 12.6 Å². The molecule has 154 valence electrons. The molecule has 1 saturated heterocycles. The second-order valence-corrected chi connectivity index (χ2v) is 8.94. The Balaban J connectivity index is 1.55. The van der Waals surface area contributed by atoms with Gasteiger partial charge in [-0.1, -0.05) is 18.5 Å². The minimum atomic E-state index is 0.512. The number of likely N-dealkylation sites (N-methyl/N-ethyl adjacent to an activating group) is 1. The van der Waals surface area contributed by atoms with Crippen LogP contribution in [0.5, 0.6) is 0 Å². The maximum atomic E-state index is 6.68. The van der Waals surface area contributed by atoms with E-state index < -0.39 is 0 Å². The van der Waals surface area contributed by atoms with E-state index in [4.69, 9.17) is 21.6 Å². The molecule has 0 unspecified atom stereocenters. The van der Waals surface area contributed by atoms with Gasteiger partial charge >= 0.3 is 0 Å². The van der Waals surface area contributed by atoms with E-state index in [2.05, 4.69) is 50.8 Å². The minimum Gasteiger partial charge on any atom is -0.353 e. The highest BCUT2D eigenvalue weighted by Gasteiger charge is 2.32. The van der Waals surface area contributed by atoms with Crippen LogP contribution in [0.2, 0.25) is 5.02 Å². The van der Waals surface area contributed by atoms with Gasteiger partial charge < -0.3 is 14.8 Å². The van der Waals surface area contributed by atoms with E-state index in [0.717, 1.165) is 57.5 Å². The summed E-state index contributed by atoms with van der Waals surface area (Å²) in [5.74, 6) is 0.884. The summed E-state index contributed by atoms with van der Waals surface area (Å²) in [5, 5.41) is 2.27. The van der Waals surface area contributed by atoms with Crippen LogP contribution < -0.4 is 4.90 Å². The summed E-state index contributed by atoms with van der Waals surface area (Å²) >= 11 is 8.14. The second kappa shape index (κ2) is 7.64. The topological polar surface area (TPSA) is 86.7 Å². The molecule has 4 aromatic rings. The van der Waals surface area contributed by atoms with Gasteiger partial charge in [0, 0.05) is 48.3 Å². The molecule has 0 aromatic carbocycles. The largest absolute Gasteiger partial charge is 0.353 e. The number of nitrogens with zero attached hydrogens (tertiary/aromatic N) is 7. The molecule has 1 fully saturated rings. The number of aromatic amines is 1. The zero-order valence-electron chi connectivity index (χ0n) is 16.9. The number of hydrogen-bond donors (Lipinski definition) is 1. The summed E-state index contributed by atoms with van der Waals surface area (Å²) in [7, 11) is 4.21. The third-order valence-corrected chi connectivity index (χ3v) is 6.62. The van der Waals surface area contributed by atoms with Gasteiger partial charge in [0.1, 0.15) is 17.0 Å². The number of halogens is 1. The van der Waals surface area contributed by atoms with Crippen LogP contribution >= 0.6 is 23.4 Å². The first-order valence-electron chi connectivity index (χ1n) is 9.77. The summed E-state index contributed by atoms with van der Waals surface area (Å²) in [5.41, 5.74) is 3.12. The number of rotatable bonds is 5. The molecule has 8 nitrogen and oxygen atoms in total. The average Bonchev–Trinajstić information content (AvgIpc) is 3.02. The van der Waals surface area contributed by atoms with Gasteiger partial charge in [-0.15, -0.1) is 0 Å². The molecule has 0 bridgehead atoms. The van der Waals surface area contributed by atoms with Gasteiger partial charge in [-0.3, -0.25) is 4.98 Å². The van der Waals surface area contributed by atoms with Crippen molar-refractivity contribution in [2.24, 2.45) is 0 Å². The van der Waals surface area contributed by atoms with Crippen LogP contribution in [0, 0.1) is 0 Å². The highest BCUT2D eigenvalue weighted by Crippen LogP contribution is 2.38. The molecule has 5 rings (SSSR count). The van der Waals surface area contributed by atoms with Crippen LogP contribution in [0.15, 0.2) is 34.7 Å². The van der Waals surface area contributed by atoms with Gasteiger partial charge in [0.05, 0.1) is 10.4 Å². The Bertz CT molecular complexity index is 1230. The Kier molecular flexibility index (Phi) is 4.96. The highest BCUT2D eigenvalue weighted by atomic mass is 35.5. The molecule has 1 N–H and O–H groups in total. The molecule has 0 saturated carbocycles. The predicted molar refractivity (Wildman–Crippen MR) is 119 cm³/mol. The van der Waals surface area contributed by atoms with E-state index >= 15 is 0 Å². The molecule has 1 aliphatic heterocycles. The minimum absolute atomic E-state index is 0.512. The first-order valence-corrected chi connectivity index (χ1v) is 11.0. The van der Waals surface area contributed by atoms with Crippen LogP contribution in [-0.4, -0.2) is 68.0 Å². The second-order valence-electron chi connectivity index (χ2n) is 7.52. The standard InChI is InChI=1S/C20H21ClN8S/c1-4-13-16(21)15-18(25-13)26-20(27-19(15)29-9-11(10-29)28(2)3)30-12-7-14-17(24-8-12)23-6-5-22-14/h5-8,11H,4,9-10H2,1-3H3,(H,25,26,27). The molecular formula is C20H21ClN8S. The molecule has 0 amide bonds. The number of aryl methyl sites for hydroxylation is 1. The van der Waals surface area contributed by atoms with Crippen molar-refractivity contribution in [3.63, 3.8) is 0 Å². The van der Waals surface area contributed by atoms with Crippen molar-refractivity contribution in [2.45, 2.75) is 29.4 Å². The van der Waals surface area contributed by atoms with Crippen molar-refractivity contribution in [3.8, 4) is 0 Å². The first kappa shape index (κ1) is 19.5. The lowest BCUT2D eigenvalue weighted by Crippen LogP contribution is -2.57. The lowest BCUT2D eigenvalue weighted by molar-refractivity contribution is 0.246. The van der Waals surface area contributed by atoms with Crippen LogP contribution in [-0.2, 0) is 6.42 Å². The summed E-state index contributed by atoms with van der Waals surface area (Å²) in [6, 6.07) is 2.47. The summed E-state index contributed by atoms with van der Waals surface area (Å²) in [6.45, 7) is 3.91. The van der Waals surface area contributed by atoms with Crippen LogP contribution in [0.25, 0.3) is 22.2 Å². The Hall–Kier alpha value is -2.49. The SMILES string of the molecule is CCc1[nH]c2nc(Sc3cnc4nccnc4c3)nc(N3CC(N(C)C)C3)c2c1Cl. The average molecular weight is 441 g/mol. The lowest BCUT2D eigenvalue weighted by atomic mass is 10.1. The molecule has 0 radical (unpaired) electrons. The fourth-order valence-electron chi connectivity index (χ4n) is 3.54. The Morgan fingerprint density at radius 1 is 1.20 bits per heavy atom. The van der Waals surface area contributed by atoms with Gasteiger partial charge in [0.25, 0.3) is 0 Å². The van der Waals surface area contributed by atoms with Gasteiger partial charge in [0.2, 0.25) is 0 Å². The molecule has 10 heteroatoms. The maximum absolute atomic E-state index is 6.68. The van der Waals surface area contributed by atoms with E-state index in [-0.39, 0.29) is 0 Å². The van der Waals surface area contributed by atoms with Gasteiger partial charge in [0.15, 0.2) is 10.8 Å². The quantitative estimate of drug-likeness (QED) is 0.472. The number of hydrogen-bond acceptors (Lipinski definition) is 8. The van der Waals surface area contributed by atoms with Crippen LogP contribution in [0.3, 0.4) is 0 Å². The number of fused-ring (bicyclic) bond motifs is 2. The lowest BCUT2D eigenvalue weighted by Gasteiger charge is -2.43. The van der Waals surface area contributed by atoms with Crippen molar-refractivity contribution in [2.75, 3.05) is 32.1 Å². The maximum Gasteiger partial charge on any atom is 0.196 e.